The Balaban J connectivity index is 1.91. The van der Waals surface area contributed by atoms with Crippen molar-refractivity contribution < 1.29 is 17.6 Å². The number of carbonyl (C=O) groups is 1. The van der Waals surface area contributed by atoms with E-state index < -0.39 is 22.5 Å². The van der Waals surface area contributed by atoms with E-state index in [0.29, 0.717) is 5.76 Å². The first kappa shape index (κ1) is 15.8. The lowest BCUT2D eigenvalue weighted by molar-refractivity contribution is -0.120. The fraction of sp³-hybridized carbons (Fsp3) is 0.143. The van der Waals surface area contributed by atoms with Crippen molar-refractivity contribution in [2.75, 3.05) is 6.54 Å². The van der Waals surface area contributed by atoms with Gasteiger partial charge in [0, 0.05) is 0 Å². The Labute approximate surface area is 127 Å². The Morgan fingerprint density at radius 2 is 2.09 bits per heavy atom. The van der Waals surface area contributed by atoms with Crippen molar-refractivity contribution in [3.8, 4) is 6.07 Å². The molecule has 0 saturated carbocycles. The molecule has 0 bridgehead atoms. The molecule has 2 N–H and O–H groups in total. The van der Waals surface area contributed by atoms with Crippen LogP contribution in [-0.2, 0) is 21.4 Å². The minimum absolute atomic E-state index is 0.0645. The standard InChI is InChI=1S/C14H13N3O4S/c15-8-11-3-1-5-13(7-11)22(19,20)17-10-14(18)16-9-12-4-2-6-21-12/h1-7,17H,9-10H2,(H,16,18). The summed E-state index contributed by atoms with van der Waals surface area (Å²) in [7, 11) is -3.85. The van der Waals surface area contributed by atoms with Gasteiger partial charge in [-0.1, -0.05) is 6.07 Å². The summed E-state index contributed by atoms with van der Waals surface area (Å²) in [5.41, 5.74) is 0.227. The third-order valence-electron chi connectivity index (χ3n) is 2.74. The second kappa shape index (κ2) is 6.89. The number of benzene rings is 1. The van der Waals surface area contributed by atoms with Crippen molar-refractivity contribution in [1.82, 2.24) is 10.0 Å². The minimum atomic E-state index is -3.85. The van der Waals surface area contributed by atoms with Crippen LogP contribution in [0.4, 0.5) is 0 Å². The van der Waals surface area contributed by atoms with Gasteiger partial charge in [-0.25, -0.2) is 13.1 Å². The van der Waals surface area contributed by atoms with E-state index in [0.717, 1.165) is 0 Å². The second-order valence-corrected chi connectivity index (χ2v) is 6.09. The fourth-order valence-electron chi connectivity index (χ4n) is 1.64. The molecule has 2 aromatic rings. The van der Waals surface area contributed by atoms with Gasteiger partial charge < -0.3 is 9.73 Å². The van der Waals surface area contributed by atoms with Crippen LogP contribution in [0.15, 0.2) is 52.0 Å². The summed E-state index contributed by atoms with van der Waals surface area (Å²) >= 11 is 0. The number of amides is 1. The topological polar surface area (TPSA) is 112 Å². The van der Waals surface area contributed by atoms with Crippen LogP contribution in [-0.4, -0.2) is 20.9 Å². The Hall–Kier alpha value is -2.63. The number of sulfonamides is 1. The highest BCUT2D eigenvalue weighted by Gasteiger charge is 2.15. The van der Waals surface area contributed by atoms with E-state index in [1.165, 1.54) is 30.5 Å². The van der Waals surface area contributed by atoms with Crippen molar-refractivity contribution in [2.24, 2.45) is 0 Å². The highest BCUT2D eigenvalue weighted by Crippen LogP contribution is 2.10. The molecule has 0 unspecified atom stereocenters. The first-order chi connectivity index (χ1) is 10.5. The van der Waals surface area contributed by atoms with E-state index in [4.69, 9.17) is 9.68 Å². The lowest BCUT2D eigenvalue weighted by Gasteiger charge is -2.07. The van der Waals surface area contributed by atoms with Crippen LogP contribution in [0.3, 0.4) is 0 Å². The number of carbonyl (C=O) groups excluding carboxylic acids is 1. The third-order valence-corrected chi connectivity index (χ3v) is 4.13. The molecule has 114 valence electrons. The smallest absolute Gasteiger partial charge is 0.241 e. The molecule has 1 aromatic heterocycles. The summed E-state index contributed by atoms with van der Waals surface area (Å²) in [4.78, 5) is 11.5. The van der Waals surface area contributed by atoms with Gasteiger partial charge in [0.15, 0.2) is 0 Å². The summed E-state index contributed by atoms with van der Waals surface area (Å²) in [6, 6.07) is 10.8. The molecule has 0 atom stereocenters. The van der Waals surface area contributed by atoms with E-state index in [-0.39, 0.29) is 17.0 Å². The summed E-state index contributed by atoms with van der Waals surface area (Å²) in [6.07, 6.45) is 1.48. The summed E-state index contributed by atoms with van der Waals surface area (Å²) < 4.78 is 31.3. The van der Waals surface area contributed by atoms with Gasteiger partial charge in [-0.2, -0.15) is 5.26 Å². The number of hydrogen-bond acceptors (Lipinski definition) is 5. The number of furan rings is 1. The maximum absolute atomic E-state index is 12.0. The first-order valence-electron chi connectivity index (χ1n) is 6.30. The molecule has 0 fully saturated rings. The number of nitrogens with zero attached hydrogens (tertiary/aromatic N) is 1. The van der Waals surface area contributed by atoms with Gasteiger partial charge in [-0.15, -0.1) is 0 Å². The van der Waals surface area contributed by atoms with Crippen LogP contribution in [0.1, 0.15) is 11.3 Å². The zero-order valence-electron chi connectivity index (χ0n) is 11.4. The average molecular weight is 319 g/mol. The molecule has 1 aromatic carbocycles. The second-order valence-electron chi connectivity index (χ2n) is 4.32. The Bertz CT molecular complexity index is 792. The summed E-state index contributed by atoms with van der Waals surface area (Å²) in [5, 5.41) is 11.3. The van der Waals surface area contributed by atoms with Gasteiger partial charge in [0.25, 0.3) is 0 Å². The normalized spacial score (nSPS) is 10.9. The first-order valence-corrected chi connectivity index (χ1v) is 7.78. The van der Waals surface area contributed by atoms with Crippen LogP contribution < -0.4 is 10.0 Å². The number of nitrogens with one attached hydrogen (secondary N) is 2. The molecule has 0 aliphatic rings. The van der Waals surface area contributed by atoms with Crippen LogP contribution >= 0.6 is 0 Å². The van der Waals surface area contributed by atoms with Gasteiger partial charge in [0.05, 0.1) is 35.9 Å². The quantitative estimate of drug-likeness (QED) is 0.815. The molecular weight excluding hydrogens is 306 g/mol. The molecule has 0 aliphatic carbocycles. The van der Waals surface area contributed by atoms with Crippen LogP contribution in [0.5, 0.6) is 0 Å². The molecule has 0 aliphatic heterocycles. The molecule has 2 rings (SSSR count). The van der Waals surface area contributed by atoms with Crippen molar-refractivity contribution in [3.63, 3.8) is 0 Å². The Kier molecular flexibility index (Phi) is 4.93. The van der Waals surface area contributed by atoms with Crippen LogP contribution in [0, 0.1) is 11.3 Å². The predicted octanol–water partition coefficient (Wildman–Crippen LogP) is 0.746. The SMILES string of the molecule is N#Cc1cccc(S(=O)(=O)NCC(=O)NCc2ccco2)c1. The zero-order valence-corrected chi connectivity index (χ0v) is 12.3. The molecule has 22 heavy (non-hydrogen) atoms. The molecule has 1 amide bonds. The summed E-state index contributed by atoms with van der Waals surface area (Å²) in [5.74, 6) is 0.0781. The van der Waals surface area contributed by atoms with E-state index in [2.05, 4.69) is 10.0 Å². The molecule has 7 nitrogen and oxygen atoms in total. The van der Waals surface area contributed by atoms with E-state index >= 15 is 0 Å². The monoisotopic (exact) mass is 319 g/mol. The predicted molar refractivity (Wildman–Crippen MR) is 76.9 cm³/mol. The lowest BCUT2D eigenvalue weighted by Crippen LogP contribution is -2.36. The maximum atomic E-state index is 12.0. The fourth-order valence-corrected chi connectivity index (χ4v) is 2.67. The van der Waals surface area contributed by atoms with E-state index in [1.807, 2.05) is 6.07 Å². The summed E-state index contributed by atoms with van der Waals surface area (Å²) in [6.45, 7) is -0.225. The molecule has 0 spiro atoms. The van der Waals surface area contributed by atoms with Crippen LogP contribution in [0.2, 0.25) is 0 Å². The number of rotatable bonds is 6. The number of hydrogen-bond donors (Lipinski definition) is 2. The Morgan fingerprint density at radius 1 is 1.27 bits per heavy atom. The highest BCUT2D eigenvalue weighted by atomic mass is 32.2. The van der Waals surface area contributed by atoms with Gasteiger partial charge in [0.1, 0.15) is 5.76 Å². The van der Waals surface area contributed by atoms with E-state index in [9.17, 15) is 13.2 Å². The van der Waals surface area contributed by atoms with E-state index in [1.54, 1.807) is 12.1 Å². The third kappa shape index (κ3) is 4.18. The van der Waals surface area contributed by atoms with Gasteiger partial charge in [-0.05, 0) is 30.3 Å². The lowest BCUT2D eigenvalue weighted by atomic mass is 10.2. The highest BCUT2D eigenvalue weighted by molar-refractivity contribution is 7.89. The Morgan fingerprint density at radius 3 is 2.77 bits per heavy atom. The van der Waals surface area contributed by atoms with Crippen molar-refractivity contribution in [2.45, 2.75) is 11.4 Å². The van der Waals surface area contributed by atoms with Gasteiger partial charge in [0.2, 0.25) is 15.9 Å². The molecule has 1 heterocycles. The van der Waals surface area contributed by atoms with Crippen LogP contribution in [0.25, 0.3) is 0 Å². The van der Waals surface area contributed by atoms with Crippen molar-refractivity contribution >= 4 is 15.9 Å². The molecule has 8 heteroatoms. The van der Waals surface area contributed by atoms with Crippen molar-refractivity contribution in [3.05, 3.63) is 54.0 Å². The average Bonchev–Trinajstić information content (AvgIpc) is 3.04. The number of nitriles is 1. The largest absolute Gasteiger partial charge is 0.467 e. The van der Waals surface area contributed by atoms with Gasteiger partial charge >= 0.3 is 0 Å². The zero-order chi connectivity index (χ0) is 16.0. The van der Waals surface area contributed by atoms with Gasteiger partial charge in [-0.3, -0.25) is 4.79 Å². The molecule has 0 saturated heterocycles. The maximum Gasteiger partial charge on any atom is 0.241 e. The van der Waals surface area contributed by atoms with Crippen molar-refractivity contribution in [1.29, 1.82) is 5.26 Å². The molecule has 0 radical (unpaired) electrons. The molecular formula is C14H13N3O4S. The minimum Gasteiger partial charge on any atom is -0.467 e.